The highest BCUT2D eigenvalue weighted by Crippen LogP contribution is 2.17. The number of carboxylic acids is 1. The molecule has 0 aliphatic rings. The van der Waals surface area contributed by atoms with Crippen molar-refractivity contribution in [3.8, 4) is 0 Å². The molecule has 0 fully saturated rings. The number of hydrogen-bond donors (Lipinski definition) is 2. The predicted molar refractivity (Wildman–Crippen MR) is 69.8 cm³/mol. The smallest absolute Gasteiger partial charge is 0.343 e. The Morgan fingerprint density at radius 1 is 1.53 bits per heavy atom. The van der Waals surface area contributed by atoms with E-state index in [1.54, 1.807) is 6.07 Å². The SMILES string of the molecule is CC(c1cccc(/C=C/C(=O)O)c1)n1cn[nH]c1=O. The van der Waals surface area contributed by atoms with Crippen LogP contribution in [0.15, 0.2) is 41.5 Å². The molecule has 98 valence electrons. The number of H-pyrrole nitrogens is 1. The standard InChI is InChI=1S/C13H13N3O3/c1-9(16-8-14-15-13(16)19)11-4-2-3-10(7-11)5-6-12(17)18/h2-9H,1H3,(H,15,19)(H,17,18)/b6-5+. The summed E-state index contributed by atoms with van der Waals surface area (Å²) in [6, 6.07) is 7.15. The summed E-state index contributed by atoms with van der Waals surface area (Å²) in [5.41, 5.74) is 1.39. The number of aromatic nitrogens is 3. The Balaban J connectivity index is 2.31. The predicted octanol–water partition coefficient (Wildman–Crippen LogP) is 1.28. The van der Waals surface area contributed by atoms with E-state index in [2.05, 4.69) is 10.2 Å². The van der Waals surface area contributed by atoms with Crippen molar-refractivity contribution >= 4 is 12.0 Å². The fourth-order valence-corrected chi connectivity index (χ4v) is 1.78. The number of aromatic amines is 1. The monoisotopic (exact) mass is 259 g/mol. The summed E-state index contributed by atoms with van der Waals surface area (Å²) < 4.78 is 1.47. The van der Waals surface area contributed by atoms with E-state index in [0.717, 1.165) is 17.2 Å². The molecule has 1 heterocycles. The molecule has 0 bridgehead atoms. The highest BCUT2D eigenvalue weighted by atomic mass is 16.4. The van der Waals surface area contributed by atoms with E-state index in [1.165, 1.54) is 17.0 Å². The Bertz CT molecular complexity index is 670. The first-order valence-electron chi connectivity index (χ1n) is 5.70. The van der Waals surface area contributed by atoms with Gasteiger partial charge in [-0.05, 0) is 30.2 Å². The Kier molecular flexibility index (Phi) is 3.61. The quantitative estimate of drug-likeness (QED) is 0.809. The van der Waals surface area contributed by atoms with Crippen LogP contribution >= 0.6 is 0 Å². The molecule has 1 unspecified atom stereocenters. The fraction of sp³-hybridized carbons (Fsp3) is 0.154. The first-order chi connectivity index (χ1) is 9.08. The van der Waals surface area contributed by atoms with E-state index in [4.69, 9.17) is 5.11 Å². The number of benzene rings is 1. The molecule has 1 atom stereocenters. The Labute approximate surface area is 109 Å². The zero-order chi connectivity index (χ0) is 13.8. The second-order valence-corrected chi connectivity index (χ2v) is 4.09. The zero-order valence-corrected chi connectivity index (χ0v) is 10.3. The van der Waals surface area contributed by atoms with Crippen LogP contribution in [0, 0.1) is 0 Å². The van der Waals surface area contributed by atoms with Gasteiger partial charge in [0.25, 0.3) is 0 Å². The minimum atomic E-state index is -0.996. The van der Waals surface area contributed by atoms with Gasteiger partial charge >= 0.3 is 11.7 Å². The Morgan fingerprint density at radius 2 is 2.32 bits per heavy atom. The number of carboxylic acid groups (broad SMARTS) is 1. The van der Waals surface area contributed by atoms with Gasteiger partial charge < -0.3 is 5.11 Å². The van der Waals surface area contributed by atoms with Crippen LogP contribution in [0.3, 0.4) is 0 Å². The number of rotatable bonds is 4. The molecule has 6 nitrogen and oxygen atoms in total. The number of aliphatic carboxylic acids is 1. The highest BCUT2D eigenvalue weighted by molar-refractivity contribution is 5.85. The van der Waals surface area contributed by atoms with E-state index in [0.29, 0.717) is 0 Å². The number of hydrogen-bond acceptors (Lipinski definition) is 3. The fourth-order valence-electron chi connectivity index (χ4n) is 1.78. The van der Waals surface area contributed by atoms with Crippen LogP contribution in [0.2, 0.25) is 0 Å². The average molecular weight is 259 g/mol. The van der Waals surface area contributed by atoms with Crippen LogP contribution in [0.1, 0.15) is 24.1 Å². The summed E-state index contributed by atoms with van der Waals surface area (Å²) in [6.45, 7) is 1.87. The van der Waals surface area contributed by atoms with Crippen LogP contribution in [-0.4, -0.2) is 25.8 Å². The van der Waals surface area contributed by atoms with Gasteiger partial charge in [-0.2, -0.15) is 5.10 Å². The molecule has 1 aromatic carbocycles. The van der Waals surface area contributed by atoms with Gasteiger partial charge in [0, 0.05) is 6.08 Å². The third-order valence-electron chi connectivity index (χ3n) is 2.81. The van der Waals surface area contributed by atoms with Gasteiger partial charge in [-0.1, -0.05) is 18.2 Å². The minimum absolute atomic E-state index is 0.176. The zero-order valence-electron chi connectivity index (χ0n) is 10.3. The Morgan fingerprint density at radius 3 is 2.95 bits per heavy atom. The lowest BCUT2D eigenvalue weighted by atomic mass is 10.0. The van der Waals surface area contributed by atoms with Crippen LogP contribution < -0.4 is 5.69 Å². The normalized spacial score (nSPS) is 12.7. The first kappa shape index (κ1) is 12.8. The van der Waals surface area contributed by atoms with Crippen molar-refractivity contribution in [3.63, 3.8) is 0 Å². The molecule has 1 aromatic heterocycles. The van der Waals surface area contributed by atoms with E-state index in [-0.39, 0.29) is 11.7 Å². The van der Waals surface area contributed by atoms with Gasteiger partial charge in [0.15, 0.2) is 0 Å². The van der Waals surface area contributed by atoms with Gasteiger partial charge in [-0.15, -0.1) is 0 Å². The van der Waals surface area contributed by atoms with Gasteiger partial charge in [-0.3, -0.25) is 4.57 Å². The summed E-state index contributed by atoms with van der Waals surface area (Å²) in [5.74, 6) is -0.996. The molecule has 2 aromatic rings. The molecule has 19 heavy (non-hydrogen) atoms. The number of nitrogens with zero attached hydrogens (tertiary/aromatic N) is 2. The molecule has 0 aliphatic carbocycles. The summed E-state index contributed by atoms with van der Waals surface area (Å²) in [7, 11) is 0. The van der Waals surface area contributed by atoms with E-state index >= 15 is 0 Å². The lowest BCUT2D eigenvalue weighted by Crippen LogP contribution is -2.20. The second-order valence-electron chi connectivity index (χ2n) is 4.09. The van der Waals surface area contributed by atoms with Crippen molar-refractivity contribution in [2.45, 2.75) is 13.0 Å². The minimum Gasteiger partial charge on any atom is -0.478 e. The molecule has 0 saturated carbocycles. The van der Waals surface area contributed by atoms with E-state index in [9.17, 15) is 9.59 Å². The summed E-state index contributed by atoms with van der Waals surface area (Å²) in [6.07, 6.45) is 4.03. The van der Waals surface area contributed by atoms with Gasteiger partial charge in [-0.25, -0.2) is 14.7 Å². The molecule has 0 spiro atoms. The highest BCUT2D eigenvalue weighted by Gasteiger charge is 2.10. The third kappa shape index (κ3) is 2.98. The maximum atomic E-state index is 11.5. The second kappa shape index (κ2) is 5.34. The van der Waals surface area contributed by atoms with Crippen LogP contribution in [0.4, 0.5) is 0 Å². The first-order valence-corrected chi connectivity index (χ1v) is 5.70. The maximum Gasteiger partial charge on any atom is 0.343 e. The molecule has 0 saturated heterocycles. The van der Waals surface area contributed by atoms with Crippen molar-refractivity contribution in [3.05, 3.63) is 58.3 Å². The summed E-state index contributed by atoms with van der Waals surface area (Å²) in [4.78, 5) is 22.0. The molecule has 0 amide bonds. The molecular formula is C13H13N3O3. The average Bonchev–Trinajstić information content (AvgIpc) is 2.82. The molecule has 6 heteroatoms. The van der Waals surface area contributed by atoms with Gasteiger partial charge in [0.1, 0.15) is 6.33 Å². The van der Waals surface area contributed by atoms with E-state index < -0.39 is 5.97 Å². The summed E-state index contributed by atoms with van der Waals surface area (Å²) in [5, 5.41) is 14.6. The lowest BCUT2D eigenvalue weighted by Gasteiger charge is -2.12. The van der Waals surface area contributed by atoms with Crippen molar-refractivity contribution in [1.82, 2.24) is 14.8 Å². The van der Waals surface area contributed by atoms with Crippen molar-refractivity contribution in [2.24, 2.45) is 0 Å². The molecular weight excluding hydrogens is 246 g/mol. The van der Waals surface area contributed by atoms with Crippen LogP contribution in [-0.2, 0) is 4.79 Å². The van der Waals surface area contributed by atoms with Crippen molar-refractivity contribution in [1.29, 1.82) is 0 Å². The molecule has 2 rings (SSSR count). The van der Waals surface area contributed by atoms with Crippen molar-refractivity contribution < 1.29 is 9.90 Å². The van der Waals surface area contributed by atoms with Gasteiger partial charge in [0.05, 0.1) is 6.04 Å². The van der Waals surface area contributed by atoms with Gasteiger partial charge in [0.2, 0.25) is 0 Å². The third-order valence-corrected chi connectivity index (χ3v) is 2.81. The lowest BCUT2D eigenvalue weighted by molar-refractivity contribution is -0.131. The topological polar surface area (TPSA) is 88.0 Å². The largest absolute Gasteiger partial charge is 0.478 e. The number of carbonyl (C=O) groups is 1. The number of nitrogens with one attached hydrogen (secondary N) is 1. The van der Waals surface area contributed by atoms with E-state index in [1.807, 2.05) is 25.1 Å². The Hall–Kier alpha value is -2.63. The maximum absolute atomic E-state index is 11.5. The van der Waals surface area contributed by atoms with Crippen LogP contribution in [0.25, 0.3) is 6.08 Å². The summed E-state index contributed by atoms with van der Waals surface area (Å²) >= 11 is 0. The molecule has 2 N–H and O–H groups in total. The molecule has 0 radical (unpaired) electrons. The molecule has 0 aliphatic heterocycles. The van der Waals surface area contributed by atoms with Crippen molar-refractivity contribution in [2.75, 3.05) is 0 Å². The van der Waals surface area contributed by atoms with Crippen LogP contribution in [0.5, 0.6) is 0 Å².